The van der Waals surface area contributed by atoms with Crippen molar-refractivity contribution in [3.05, 3.63) is 69.9 Å². The molecule has 1 amide bonds. The van der Waals surface area contributed by atoms with Crippen LogP contribution in [-0.4, -0.2) is 29.7 Å². The van der Waals surface area contributed by atoms with E-state index in [1.807, 2.05) is 30.3 Å². The molecule has 1 heterocycles. The highest BCUT2D eigenvalue weighted by Gasteiger charge is 2.29. The van der Waals surface area contributed by atoms with Crippen LogP contribution in [-0.2, 0) is 0 Å². The Morgan fingerprint density at radius 2 is 1.71 bits per heavy atom. The number of Topliss-reactive ketones (excluding diaryl/α,β-unsaturated/α-hetero) is 1. The summed E-state index contributed by atoms with van der Waals surface area (Å²) < 4.78 is 14.0. The monoisotopic (exact) mass is 389 g/mol. The third kappa shape index (κ3) is 3.56. The molecule has 0 radical (unpaired) electrons. The second-order valence-corrected chi connectivity index (χ2v) is 6.78. The highest BCUT2D eigenvalue weighted by Crippen LogP contribution is 2.25. The zero-order chi connectivity index (χ0) is 17.1. The van der Waals surface area contributed by atoms with Crippen LogP contribution in [0, 0.1) is 11.7 Å². The van der Waals surface area contributed by atoms with Gasteiger partial charge >= 0.3 is 0 Å². The molecule has 124 valence electrons. The Kier molecular flexibility index (Phi) is 5.09. The van der Waals surface area contributed by atoms with Crippen LogP contribution in [0.15, 0.2) is 53.0 Å². The Morgan fingerprint density at radius 3 is 2.38 bits per heavy atom. The molecule has 0 saturated carbocycles. The van der Waals surface area contributed by atoms with E-state index < -0.39 is 5.82 Å². The van der Waals surface area contributed by atoms with Crippen LogP contribution in [0.25, 0.3) is 0 Å². The summed E-state index contributed by atoms with van der Waals surface area (Å²) in [5.74, 6) is -0.565. The Balaban J connectivity index is 1.66. The molecule has 3 nitrogen and oxygen atoms in total. The number of ketones is 1. The molecule has 24 heavy (non-hydrogen) atoms. The van der Waals surface area contributed by atoms with Gasteiger partial charge in [0.1, 0.15) is 5.82 Å². The highest BCUT2D eigenvalue weighted by molar-refractivity contribution is 9.10. The SMILES string of the molecule is O=C(c1ccccc1)C1CCN(C(=O)c2cc(F)ccc2Br)CC1. The Morgan fingerprint density at radius 1 is 1.04 bits per heavy atom. The molecule has 1 aliphatic rings. The normalized spacial score (nSPS) is 15.3. The van der Waals surface area contributed by atoms with Crippen LogP contribution in [0.3, 0.4) is 0 Å². The number of carbonyl (C=O) groups excluding carboxylic acids is 2. The molecule has 0 spiro atoms. The minimum atomic E-state index is -0.435. The highest BCUT2D eigenvalue weighted by atomic mass is 79.9. The molecule has 2 aromatic rings. The third-order valence-electron chi connectivity index (χ3n) is 4.37. The van der Waals surface area contributed by atoms with Crippen molar-refractivity contribution in [3.63, 3.8) is 0 Å². The fraction of sp³-hybridized carbons (Fsp3) is 0.263. The number of hydrogen-bond acceptors (Lipinski definition) is 2. The minimum absolute atomic E-state index is 0.0626. The zero-order valence-corrected chi connectivity index (χ0v) is 14.6. The van der Waals surface area contributed by atoms with Gasteiger partial charge < -0.3 is 4.90 Å². The van der Waals surface area contributed by atoms with Crippen LogP contribution in [0.2, 0.25) is 0 Å². The van der Waals surface area contributed by atoms with Gasteiger partial charge in [-0.05, 0) is 47.0 Å². The topological polar surface area (TPSA) is 37.4 Å². The smallest absolute Gasteiger partial charge is 0.255 e. The molecule has 1 fully saturated rings. The van der Waals surface area contributed by atoms with Crippen LogP contribution in [0.5, 0.6) is 0 Å². The van der Waals surface area contributed by atoms with Crippen molar-refractivity contribution >= 4 is 27.6 Å². The first-order valence-electron chi connectivity index (χ1n) is 7.90. The number of nitrogens with zero attached hydrogens (tertiary/aromatic N) is 1. The van der Waals surface area contributed by atoms with Gasteiger partial charge in [-0.15, -0.1) is 0 Å². The van der Waals surface area contributed by atoms with E-state index in [4.69, 9.17) is 0 Å². The van der Waals surface area contributed by atoms with Crippen LogP contribution < -0.4 is 0 Å². The zero-order valence-electron chi connectivity index (χ0n) is 13.0. The number of carbonyl (C=O) groups is 2. The fourth-order valence-electron chi connectivity index (χ4n) is 3.01. The van der Waals surface area contributed by atoms with E-state index in [0.29, 0.717) is 36.0 Å². The lowest BCUT2D eigenvalue weighted by molar-refractivity contribution is 0.0649. The number of hydrogen-bond donors (Lipinski definition) is 0. The number of halogens is 2. The van der Waals surface area contributed by atoms with Crippen molar-refractivity contribution in [2.45, 2.75) is 12.8 Å². The summed E-state index contributed by atoms with van der Waals surface area (Å²) in [5, 5.41) is 0. The molecule has 5 heteroatoms. The average molecular weight is 390 g/mol. The summed E-state index contributed by atoms with van der Waals surface area (Å²) in [5.41, 5.74) is 1.04. The van der Waals surface area contributed by atoms with Gasteiger partial charge in [0.05, 0.1) is 5.56 Å². The summed E-state index contributed by atoms with van der Waals surface area (Å²) >= 11 is 3.30. The predicted octanol–water partition coefficient (Wildman–Crippen LogP) is 4.32. The molecule has 3 rings (SSSR count). The number of rotatable bonds is 3. The molecular formula is C19H17BrFNO2. The first-order chi connectivity index (χ1) is 11.6. The van der Waals surface area contributed by atoms with Gasteiger partial charge in [0.2, 0.25) is 0 Å². The Bertz CT molecular complexity index is 755. The minimum Gasteiger partial charge on any atom is -0.339 e. The van der Waals surface area contributed by atoms with E-state index in [0.717, 1.165) is 5.56 Å². The first kappa shape index (κ1) is 16.8. The quantitative estimate of drug-likeness (QED) is 0.732. The lowest BCUT2D eigenvalue weighted by Gasteiger charge is -2.31. The summed E-state index contributed by atoms with van der Waals surface area (Å²) in [4.78, 5) is 26.7. The number of amides is 1. The second kappa shape index (κ2) is 7.26. The van der Waals surface area contributed by atoms with Gasteiger partial charge in [-0.1, -0.05) is 30.3 Å². The molecule has 2 aromatic carbocycles. The summed E-state index contributed by atoms with van der Waals surface area (Å²) in [7, 11) is 0. The molecular weight excluding hydrogens is 373 g/mol. The van der Waals surface area contributed by atoms with Crippen molar-refractivity contribution in [1.82, 2.24) is 4.90 Å². The third-order valence-corrected chi connectivity index (χ3v) is 5.06. The van der Waals surface area contributed by atoms with Gasteiger partial charge in [0, 0.05) is 29.0 Å². The number of likely N-dealkylation sites (tertiary alicyclic amines) is 1. The fourth-order valence-corrected chi connectivity index (χ4v) is 3.43. The Hall–Kier alpha value is -2.01. The van der Waals surface area contributed by atoms with Gasteiger partial charge in [-0.3, -0.25) is 9.59 Å². The van der Waals surface area contributed by atoms with E-state index in [1.165, 1.54) is 18.2 Å². The summed E-state index contributed by atoms with van der Waals surface area (Å²) in [6.45, 7) is 1.01. The Labute approximate surface area is 148 Å². The molecule has 0 atom stereocenters. The maximum absolute atomic E-state index is 13.4. The summed E-state index contributed by atoms with van der Waals surface area (Å²) in [6, 6.07) is 13.3. The summed E-state index contributed by atoms with van der Waals surface area (Å²) in [6.07, 6.45) is 1.26. The van der Waals surface area contributed by atoms with Crippen LogP contribution >= 0.6 is 15.9 Å². The van der Waals surface area contributed by atoms with Gasteiger partial charge in [-0.2, -0.15) is 0 Å². The van der Waals surface area contributed by atoms with Crippen molar-refractivity contribution in [3.8, 4) is 0 Å². The van der Waals surface area contributed by atoms with Crippen LogP contribution in [0.1, 0.15) is 33.6 Å². The van der Waals surface area contributed by atoms with Crippen molar-refractivity contribution in [2.75, 3.05) is 13.1 Å². The van der Waals surface area contributed by atoms with E-state index >= 15 is 0 Å². The van der Waals surface area contributed by atoms with Crippen molar-refractivity contribution < 1.29 is 14.0 Å². The molecule has 0 N–H and O–H groups in total. The van der Waals surface area contributed by atoms with Crippen molar-refractivity contribution in [1.29, 1.82) is 0 Å². The van der Waals surface area contributed by atoms with Gasteiger partial charge in [0.25, 0.3) is 5.91 Å². The maximum atomic E-state index is 13.4. The molecule has 1 saturated heterocycles. The van der Waals surface area contributed by atoms with E-state index in [-0.39, 0.29) is 17.6 Å². The first-order valence-corrected chi connectivity index (χ1v) is 8.69. The van der Waals surface area contributed by atoms with Crippen LogP contribution in [0.4, 0.5) is 4.39 Å². The predicted molar refractivity (Wildman–Crippen MR) is 93.5 cm³/mol. The molecule has 0 unspecified atom stereocenters. The largest absolute Gasteiger partial charge is 0.339 e. The standard InChI is InChI=1S/C19H17BrFNO2/c20-17-7-6-15(21)12-16(17)19(24)22-10-8-14(9-11-22)18(23)13-4-2-1-3-5-13/h1-7,12,14H,8-11H2. The van der Waals surface area contributed by atoms with Gasteiger partial charge in [-0.25, -0.2) is 4.39 Å². The molecule has 0 aliphatic carbocycles. The second-order valence-electron chi connectivity index (χ2n) is 5.92. The molecule has 0 bridgehead atoms. The van der Waals surface area contributed by atoms with E-state index in [9.17, 15) is 14.0 Å². The molecule has 1 aliphatic heterocycles. The molecule has 0 aromatic heterocycles. The number of benzene rings is 2. The average Bonchev–Trinajstić information content (AvgIpc) is 2.63. The van der Waals surface area contributed by atoms with E-state index in [2.05, 4.69) is 15.9 Å². The lowest BCUT2D eigenvalue weighted by atomic mass is 9.88. The maximum Gasteiger partial charge on any atom is 0.255 e. The van der Waals surface area contributed by atoms with E-state index in [1.54, 1.807) is 4.90 Å². The lowest BCUT2D eigenvalue weighted by Crippen LogP contribution is -2.40. The van der Waals surface area contributed by atoms with Gasteiger partial charge in [0.15, 0.2) is 5.78 Å². The van der Waals surface area contributed by atoms with Crippen molar-refractivity contribution in [2.24, 2.45) is 5.92 Å². The number of piperidine rings is 1.